The molecule has 2 nitrogen and oxygen atoms in total. The molecule has 2 aromatic rings. The molecular formula is C17H20O2. The van der Waals surface area contributed by atoms with Crippen LogP contribution in [0.25, 0.3) is 0 Å². The summed E-state index contributed by atoms with van der Waals surface area (Å²) in [5.41, 5.74) is -0.137. The average molecular weight is 256 g/mol. The van der Waals surface area contributed by atoms with Crippen molar-refractivity contribution in [1.29, 1.82) is 0 Å². The molecule has 0 unspecified atom stereocenters. The van der Waals surface area contributed by atoms with Gasteiger partial charge in [-0.25, -0.2) is 0 Å². The summed E-state index contributed by atoms with van der Waals surface area (Å²) >= 11 is 0. The lowest BCUT2D eigenvalue weighted by atomic mass is 10.1. The highest BCUT2D eigenvalue weighted by atomic mass is 16.5. The van der Waals surface area contributed by atoms with Gasteiger partial charge in [-0.1, -0.05) is 25.1 Å². The minimum atomic E-state index is -0.137. The van der Waals surface area contributed by atoms with E-state index in [0.29, 0.717) is 0 Å². The Labute approximate surface area is 115 Å². The molecule has 0 heterocycles. The fraction of sp³-hybridized carbons (Fsp3) is 0.294. The van der Waals surface area contributed by atoms with E-state index < -0.39 is 0 Å². The Balaban J connectivity index is 2.03. The number of hydrogen-bond donors (Lipinski definition) is 0. The predicted octanol–water partition coefficient (Wildman–Crippen LogP) is 5.05. The third kappa shape index (κ3) is 4.02. The summed E-state index contributed by atoms with van der Waals surface area (Å²) in [5, 5.41) is 0. The van der Waals surface area contributed by atoms with Crippen LogP contribution in [-0.2, 0) is 0 Å². The third-order valence-corrected chi connectivity index (χ3v) is 3.05. The van der Waals surface area contributed by atoms with Crippen LogP contribution in [0, 0.1) is 0 Å². The summed E-state index contributed by atoms with van der Waals surface area (Å²) in [6.07, 6.45) is 0.968. The van der Waals surface area contributed by atoms with Gasteiger partial charge in [0.05, 0.1) is 0 Å². The Hall–Kier alpha value is -1.96. The van der Waals surface area contributed by atoms with E-state index in [1.807, 2.05) is 54.6 Å². The first-order valence-electron chi connectivity index (χ1n) is 6.61. The van der Waals surface area contributed by atoms with Gasteiger partial charge in [-0.3, -0.25) is 0 Å². The SMILES string of the molecule is CCC(C)(C)Oc1ccc(Oc2ccccc2)cc1. The van der Waals surface area contributed by atoms with Gasteiger partial charge in [-0.15, -0.1) is 0 Å². The standard InChI is InChI=1S/C17H20O2/c1-4-17(2,3)19-16-12-10-15(11-13-16)18-14-8-6-5-7-9-14/h5-13H,4H2,1-3H3. The molecule has 2 aromatic carbocycles. The third-order valence-electron chi connectivity index (χ3n) is 3.05. The van der Waals surface area contributed by atoms with Crippen LogP contribution < -0.4 is 9.47 Å². The van der Waals surface area contributed by atoms with Gasteiger partial charge in [0.25, 0.3) is 0 Å². The molecule has 0 aromatic heterocycles. The van der Waals surface area contributed by atoms with Crippen LogP contribution in [0.5, 0.6) is 17.2 Å². The molecule has 19 heavy (non-hydrogen) atoms. The number of ether oxygens (including phenoxy) is 2. The van der Waals surface area contributed by atoms with E-state index in [-0.39, 0.29) is 5.60 Å². The summed E-state index contributed by atoms with van der Waals surface area (Å²) in [5.74, 6) is 2.52. The predicted molar refractivity (Wildman–Crippen MR) is 78.0 cm³/mol. The van der Waals surface area contributed by atoms with Crippen LogP contribution >= 0.6 is 0 Å². The van der Waals surface area contributed by atoms with Crippen LogP contribution in [0.4, 0.5) is 0 Å². The fourth-order valence-electron chi connectivity index (χ4n) is 1.59. The quantitative estimate of drug-likeness (QED) is 0.745. The van der Waals surface area contributed by atoms with Crippen molar-refractivity contribution in [2.24, 2.45) is 0 Å². The first-order chi connectivity index (χ1) is 9.09. The Morgan fingerprint density at radius 1 is 0.789 bits per heavy atom. The first-order valence-corrected chi connectivity index (χ1v) is 6.61. The van der Waals surface area contributed by atoms with Crippen molar-refractivity contribution < 1.29 is 9.47 Å². The van der Waals surface area contributed by atoms with Gasteiger partial charge < -0.3 is 9.47 Å². The number of rotatable bonds is 5. The highest BCUT2D eigenvalue weighted by Crippen LogP contribution is 2.26. The second-order valence-electron chi connectivity index (χ2n) is 5.10. The van der Waals surface area contributed by atoms with E-state index >= 15 is 0 Å². The normalized spacial score (nSPS) is 11.1. The summed E-state index contributed by atoms with van der Waals surface area (Å²) in [7, 11) is 0. The van der Waals surface area contributed by atoms with Crippen LogP contribution in [0.1, 0.15) is 27.2 Å². The lowest BCUT2D eigenvalue weighted by molar-refractivity contribution is 0.105. The van der Waals surface area contributed by atoms with Gasteiger partial charge in [-0.2, -0.15) is 0 Å². The summed E-state index contributed by atoms with van der Waals surface area (Å²) < 4.78 is 11.6. The highest BCUT2D eigenvalue weighted by Gasteiger charge is 2.16. The van der Waals surface area contributed by atoms with Gasteiger partial charge in [0, 0.05) is 0 Å². The van der Waals surface area contributed by atoms with E-state index in [1.54, 1.807) is 0 Å². The Morgan fingerprint density at radius 2 is 1.32 bits per heavy atom. The summed E-state index contributed by atoms with van der Waals surface area (Å²) in [6.45, 7) is 6.29. The molecule has 0 amide bonds. The number of hydrogen-bond acceptors (Lipinski definition) is 2. The van der Waals surface area contributed by atoms with Gasteiger partial charge in [-0.05, 0) is 56.7 Å². The maximum Gasteiger partial charge on any atom is 0.127 e. The van der Waals surface area contributed by atoms with Crippen molar-refractivity contribution in [3.05, 3.63) is 54.6 Å². The van der Waals surface area contributed by atoms with E-state index in [4.69, 9.17) is 9.47 Å². The molecule has 2 rings (SSSR count). The largest absolute Gasteiger partial charge is 0.488 e. The van der Waals surface area contributed by atoms with Crippen molar-refractivity contribution in [2.45, 2.75) is 32.8 Å². The van der Waals surface area contributed by atoms with Gasteiger partial charge in [0.1, 0.15) is 22.8 Å². The zero-order valence-corrected chi connectivity index (χ0v) is 11.7. The molecule has 0 aliphatic heterocycles. The molecule has 2 heteroatoms. The number of para-hydroxylation sites is 1. The second kappa shape index (κ2) is 5.79. The Kier molecular flexibility index (Phi) is 4.10. The minimum Gasteiger partial charge on any atom is -0.488 e. The number of benzene rings is 2. The molecular weight excluding hydrogens is 236 g/mol. The Bertz CT molecular complexity index is 501. The monoisotopic (exact) mass is 256 g/mol. The van der Waals surface area contributed by atoms with Crippen LogP contribution in [0.3, 0.4) is 0 Å². The molecule has 0 bridgehead atoms. The fourth-order valence-corrected chi connectivity index (χ4v) is 1.59. The van der Waals surface area contributed by atoms with Crippen LogP contribution in [0.15, 0.2) is 54.6 Å². The molecule has 0 N–H and O–H groups in total. The zero-order valence-electron chi connectivity index (χ0n) is 11.7. The van der Waals surface area contributed by atoms with Crippen molar-refractivity contribution >= 4 is 0 Å². The molecule has 0 spiro atoms. The zero-order chi connectivity index (χ0) is 13.7. The lowest BCUT2D eigenvalue weighted by Crippen LogP contribution is -2.26. The molecule has 0 saturated heterocycles. The molecule has 0 aliphatic carbocycles. The molecule has 0 radical (unpaired) electrons. The minimum absolute atomic E-state index is 0.137. The molecule has 0 aliphatic rings. The molecule has 0 saturated carbocycles. The van der Waals surface area contributed by atoms with Crippen molar-refractivity contribution in [1.82, 2.24) is 0 Å². The van der Waals surface area contributed by atoms with Crippen molar-refractivity contribution in [3.63, 3.8) is 0 Å². The second-order valence-corrected chi connectivity index (χ2v) is 5.10. The molecule has 0 fully saturated rings. The topological polar surface area (TPSA) is 18.5 Å². The molecule has 0 atom stereocenters. The van der Waals surface area contributed by atoms with E-state index in [1.165, 1.54) is 0 Å². The van der Waals surface area contributed by atoms with Gasteiger partial charge in [0.15, 0.2) is 0 Å². The van der Waals surface area contributed by atoms with E-state index in [0.717, 1.165) is 23.7 Å². The highest BCUT2D eigenvalue weighted by molar-refractivity contribution is 5.35. The van der Waals surface area contributed by atoms with E-state index in [2.05, 4.69) is 20.8 Å². The van der Waals surface area contributed by atoms with Crippen LogP contribution in [-0.4, -0.2) is 5.60 Å². The molecule has 100 valence electrons. The van der Waals surface area contributed by atoms with Gasteiger partial charge in [0.2, 0.25) is 0 Å². The van der Waals surface area contributed by atoms with Gasteiger partial charge >= 0.3 is 0 Å². The van der Waals surface area contributed by atoms with Crippen molar-refractivity contribution in [3.8, 4) is 17.2 Å². The maximum absolute atomic E-state index is 5.90. The summed E-state index contributed by atoms with van der Waals surface area (Å²) in [6, 6.07) is 17.5. The first kappa shape index (κ1) is 13.5. The van der Waals surface area contributed by atoms with Crippen molar-refractivity contribution in [2.75, 3.05) is 0 Å². The van der Waals surface area contributed by atoms with Crippen LogP contribution in [0.2, 0.25) is 0 Å². The smallest absolute Gasteiger partial charge is 0.127 e. The van der Waals surface area contributed by atoms with E-state index in [9.17, 15) is 0 Å². The average Bonchev–Trinajstić information content (AvgIpc) is 2.42. The lowest BCUT2D eigenvalue weighted by Gasteiger charge is -2.24. The Morgan fingerprint density at radius 3 is 1.89 bits per heavy atom. The summed E-state index contributed by atoms with van der Waals surface area (Å²) in [4.78, 5) is 0. The maximum atomic E-state index is 5.90.